The highest BCUT2D eigenvalue weighted by Crippen LogP contribution is 2.40. The van der Waals surface area contributed by atoms with Gasteiger partial charge in [0.1, 0.15) is 5.82 Å². The zero-order valence-corrected chi connectivity index (χ0v) is 17.5. The van der Waals surface area contributed by atoms with E-state index in [-0.39, 0.29) is 6.04 Å². The van der Waals surface area contributed by atoms with E-state index in [4.69, 9.17) is 22.3 Å². The van der Waals surface area contributed by atoms with Crippen molar-refractivity contribution in [1.82, 2.24) is 19.9 Å². The van der Waals surface area contributed by atoms with E-state index in [0.717, 1.165) is 65.2 Å². The van der Waals surface area contributed by atoms with Crippen molar-refractivity contribution < 1.29 is 0 Å². The van der Waals surface area contributed by atoms with Crippen molar-refractivity contribution >= 4 is 28.5 Å². The first-order valence-corrected chi connectivity index (χ1v) is 10.5. The van der Waals surface area contributed by atoms with Crippen LogP contribution in [0.25, 0.3) is 33.7 Å². The average Bonchev–Trinajstić information content (AvgIpc) is 3.20. The van der Waals surface area contributed by atoms with Crippen molar-refractivity contribution in [3.8, 4) is 22.5 Å². The summed E-state index contributed by atoms with van der Waals surface area (Å²) < 4.78 is 0. The van der Waals surface area contributed by atoms with E-state index >= 15 is 0 Å². The number of aromatic amines is 1. The Hall–Kier alpha value is -2.96. The predicted molar refractivity (Wildman–Crippen MR) is 122 cm³/mol. The van der Waals surface area contributed by atoms with E-state index in [1.807, 2.05) is 36.7 Å². The number of pyridine rings is 2. The third-order valence-electron chi connectivity index (χ3n) is 5.76. The number of fused-ring (bicyclic) bond motifs is 1. The molecule has 0 aliphatic carbocycles. The third-order valence-corrected chi connectivity index (χ3v) is 6.00. The molecule has 6 nitrogen and oxygen atoms in total. The van der Waals surface area contributed by atoms with E-state index in [1.54, 1.807) is 6.20 Å². The van der Waals surface area contributed by atoms with Gasteiger partial charge in [-0.25, -0.2) is 9.97 Å². The number of benzene rings is 1. The molecule has 1 fully saturated rings. The molecule has 1 aromatic carbocycles. The van der Waals surface area contributed by atoms with Crippen LogP contribution >= 0.6 is 11.6 Å². The summed E-state index contributed by atoms with van der Waals surface area (Å²) in [5.41, 5.74) is 13.1. The van der Waals surface area contributed by atoms with Gasteiger partial charge in [-0.05, 0) is 49.1 Å². The van der Waals surface area contributed by atoms with Crippen molar-refractivity contribution in [2.75, 3.05) is 18.0 Å². The first-order valence-electron chi connectivity index (χ1n) is 10.2. The van der Waals surface area contributed by atoms with E-state index < -0.39 is 0 Å². The number of halogens is 1. The molecule has 0 spiro atoms. The second kappa shape index (κ2) is 7.70. The van der Waals surface area contributed by atoms with Crippen molar-refractivity contribution in [3.05, 3.63) is 59.5 Å². The maximum Gasteiger partial charge on any atom is 0.178 e. The fourth-order valence-electron chi connectivity index (χ4n) is 4.12. The second-order valence-electron chi connectivity index (χ2n) is 7.83. The van der Waals surface area contributed by atoms with Gasteiger partial charge in [0.15, 0.2) is 5.65 Å². The zero-order chi connectivity index (χ0) is 20.7. The smallest absolute Gasteiger partial charge is 0.178 e. The number of rotatable bonds is 3. The molecule has 4 heterocycles. The standard InChI is InChI=1S/C23H23ClN6/c1-14-5-8-27-23-20(14)28-22(29-23)19-13-26-12-18(15-3-2-4-16(24)11-15)21(19)30-9-6-17(25)7-10-30/h2-5,8,11-13,17H,6-7,9-10,25H2,1H3,(H,27,28,29). The lowest BCUT2D eigenvalue weighted by Crippen LogP contribution is -2.40. The Morgan fingerprint density at radius 2 is 1.93 bits per heavy atom. The first-order chi connectivity index (χ1) is 14.6. The number of anilines is 1. The van der Waals surface area contributed by atoms with E-state index in [2.05, 4.69) is 32.8 Å². The van der Waals surface area contributed by atoms with E-state index in [9.17, 15) is 0 Å². The largest absolute Gasteiger partial charge is 0.370 e. The van der Waals surface area contributed by atoms with Crippen LogP contribution in [0.15, 0.2) is 48.9 Å². The molecule has 0 amide bonds. The molecule has 30 heavy (non-hydrogen) atoms. The topological polar surface area (TPSA) is 83.7 Å². The van der Waals surface area contributed by atoms with E-state index in [1.165, 1.54) is 0 Å². The molecule has 0 atom stereocenters. The molecule has 0 radical (unpaired) electrons. The molecule has 1 aliphatic heterocycles. The number of aryl methyl sites for hydroxylation is 1. The third kappa shape index (κ3) is 3.42. The van der Waals surface area contributed by atoms with Crippen LogP contribution in [0.3, 0.4) is 0 Å². The number of aromatic nitrogens is 4. The Balaban J connectivity index is 1.71. The van der Waals surface area contributed by atoms with Crippen LogP contribution in [0.2, 0.25) is 5.02 Å². The minimum Gasteiger partial charge on any atom is -0.370 e. The van der Waals surface area contributed by atoms with Crippen molar-refractivity contribution in [2.24, 2.45) is 5.73 Å². The molecule has 7 heteroatoms. The Labute approximate surface area is 180 Å². The van der Waals surface area contributed by atoms with Gasteiger partial charge in [0, 0.05) is 48.3 Å². The zero-order valence-electron chi connectivity index (χ0n) is 16.8. The predicted octanol–water partition coefficient (Wildman–Crippen LogP) is 4.58. The number of piperidine rings is 1. The summed E-state index contributed by atoms with van der Waals surface area (Å²) in [6.45, 7) is 3.84. The second-order valence-corrected chi connectivity index (χ2v) is 8.27. The average molecular weight is 419 g/mol. The van der Waals surface area contributed by atoms with Gasteiger partial charge in [-0.1, -0.05) is 23.7 Å². The molecule has 1 saturated heterocycles. The highest BCUT2D eigenvalue weighted by Gasteiger charge is 2.24. The van der Waals surface area contributed by atoms with Crippen molar-refractivity contribution in [2.45, 2.75) is 25.8 Å². The monoisotopic (exact) mass is 418 g/mol. The molecule has 3 N–H and O–H groups in total. The van der Waals surface area contributed by atoms with E-state index in [0.29, 0.717) is 10.7 Å². The van der Waals surface area contributed by atoms with Crippen molar-refractivity contribution in [3.63, 3.8) is 0 Å². The van der Waals surface area contributed by atoms with Gasteiger partial charge in [-0.3, -0.25) is 4.98 Å². The molecule has 5 rings (SSSR count). The lowest BCUT2D eigenvalue weighted by molar-refractivity contribution is 0.501. The Morgan fingerprint density at radius 3 is 2.70 bits per heavy atom. The maximum atomic E-state index is 6.30. The molecule has 0 bridgehead atoms. The number of nitrogens with zero attached hydrogens (tertiary/aromatic N) is 4. The molecule has 1 aliphatic rings. The molecule has 4 aromatic rings. The van der Waals surface area contributed by atoms with Gasteiger partial charge in [-0.2, -0.15) is 0 Å². The summed E-state index contributed by atoms with van der Waals surface area (Å²) in [5, 5.41) is 0.702. The highest BCUT2D eigenvalue weighted by atomic mass is 35.5. The summed E-state index contributed by atoms with van der Waals surface area (Å²) >= 11 is 6.30. The van der Waals surface area contributed by atoms with Gasteiger partial charge in [0.05, 0.1) is 16.8 Å². The van der Waals surface area contributed by atoms with Crippen LogP contribution in [0.4, 0.5) is 5.69 Å². The fraction of sp³-hybridized carbons (Fsp3) is 0.261. The molecular weight excluding hydrogens is 396 g/mol. The van der Waals surface area contributed by atoms with Crippen molar-refractivity contribution in [1.29, 1.82) is 0 Å². The lowest BCUT2D eigenvalue weighted by Gasteiger charge is -2.34. The summed E-state index contributed by atoms with van der Waals surface area (Å²) in [6.07, 6.45) is 7.49. The van der Waals surface area contributed by atoms with Gasteiger partial charge >= 0.3 is 0 Å². The Kier molecular flexibility index (Phi) is 4.89. The van der Waals surface area contributed by atoms with Gasteiger partial charge < -0.3 is 15.6 Å². The van der Waals surface area contributed by atoms with Crippen LogP contribution in [0, 0.1) is 6.92 Å². The Morgan fingerprint density at radius 1 is 1.13 bits per heavy atom. The van der Waals surface area contributed by atoms with Crippen LogP contribution in [-0.4, -0.2) is 39.1 Å². The number of nitrogens with one attached hydrogen (secondary N) is 1. The highest BCUT2D eigenvalue weighted by molar-refractivity contribution is 6.30. The molecule has 152 valence electrons. The quantitative estimate of drug-likeness (QED) is 0.509. The number of hydrogen-bond donors (Lipinski definition) is 2. The lowest BCUT2D eigenvalue weighted by atomic mass is 9.98. The fourth-order valence-corrected chi connectivity index (χ4v) is 4.31. The summed E-state index contributed by atoms with van der Waals surface area (Å²) in [5.74, 6) is 0.771. The van der Waals surface area contributed by atoms with Gasteiger partial charge in [0.2, 0.25) is 0 Å². The van der Waals surface area contributed by atoms with Crippen LogP contribution in [0.1, 0.15) is 18.4 Å². The summed E-state index contributed by atoms with van der Waals surface area (Å²) in [6, 6.07) is 10.1. The molecule has 3 aromatic heterocycles. The van der Waals surface area contributed by atoms with Crippen LogP contribution < -0.4 is 10.6 Å². The normalized spacial score (nSPS) is 15.1. The Bertz CT molecular complexity index is 1210. The SMILES string of the molecule is Cc1ccnc2nc(-c3cncc(-c4cccc(Cl)c4)c3N3CCC(N)CC3)[nH]c12. The maximum absolute atomic E-state index is 6.30. The van der Waals surface area contributed by atoms with Gasteiger partial charge in [0.25, 0.3) is 0 Å². The number of H-pyrrole nitrogens is 1. The molecule has 0 saturated carbocycles. The van der Waals surface area contributed by atoms with Crippen LogP contribution in [-0.2, 0) is 0 Å². The van der Waals surface area contributed by atoms with Gasteiger partial charge in [-0.15, -0.1) is 0 Å². The van der Waals surface area contributed by atoms with Crippen LogP contribution in [0.5, 0.6) is 0 Å². The minimum atomic E-state index is 0.249. The first kappa shape index (κ1) is 19.0. The number of imidazole rings is 1. The molecular formula is C23H23ClN6. The number of hydrogen-bond acceptors (Lipinski definition) is 5. The number of nitrogens with two attached hydrogens (primary N) is 1. The minimum absolute atomic E-state index is 0.249. The summed E-state index contributed by atoms with van der Waals surface area (Å²) in [4.78, 5) is 19.6. The molecule has 0 unspecified atom stereocenters. The summed E-state index contributed by atoms with van der Waals surface area (Å²) in [7, 11) is 0.